The van der Waals surface area contributed by atoms with Crippen LogP contribution >= 0.6 is 11.8 Å². The summed E-state index contributed by atoms with van der Waals surface area (Å²) >= 11 is 1.19. The number of halogens is 1. The molecule has 1 atom stereocenters. The molecular weight excluding hydrogens is 377 g/mol. The van der Waals surface area contributed by atoms with Gasteiger partial charge in [-0.1, -0.05) is 67.6 Å². The lowest BCUT2D eigenvalue weighted by atomic mass is 10.0. The van der Waals surface area contributed by atoms with Gasteiger partial charge in [0, 0.05) is 5.56 Å². The van der Waals surface area contributed by atoms with E-state index in [1.807, 2.05) is 30.3 Å². The summed E-state index contributed by atoms with van der Waals surface area (Å²) in [5.41, 5.74) is 1.61. The van der Waals surface area contributed by atoms with E-state index in [0.29, 0.717) is 16.5 Å². The number of aromatic nitrogens is 3. The molecule has 0 saturated heterocycles. The molecule has 0 saturated carbocycles. The number of carbonyl (C=O) groups excluding carboxylic acids is 1. The van der Waals surface area contributed by atoms with Crippen molar-refractivity contribution in [1.82, 2.24) is 20.2 Å². The maximum absolute atomic E-state index is 13.4. The molecule has 6 nitrogen and oxygen atoms in total. The first-order chi connectivity index (χ1) is 13.6. The molecule has 0 aliphatic rings. The number of hydrogen-bond donors (Lipinski definition) is 2. The van der Waals surface area contributed by atoms with Gasteiger partial charge in [-0.3, -0.25) is 4.79 Å². The van der Waals surface area contributed by atoms with Crippen LogP contribution in [0.5, 0.6) is 0 Å². The summed E-state index contributed by atoms with van der Waals surface area (Å²) < 4.78 is 14.7. The monoisotopic (exact) mass is 399 g/mol. The first-order valence-electron chi connectivity index (χ1n) is 9.02. The Balaban J connectivity index is 1.63. The highest BCUT2D eigenvalue weighted by atomic mass is 32.2. The number of nitrogens with zero attached hydrogens (tertiary/aromatic N) is 3. The molecule has 0 unspecified atom stereocenters. The molecular formula is C20H22FN5OS. The van der Waals surface area contributed by atoms with Crippen molar-refractivity contribution in [1.29, 1.82) is 0 Å². The smallest absolute Gasteiger partial charge is 0.230 e. The summed E-state index contributed by atoms with van der Waals surface area (Å²) in [6.45, 7) is 2.09. The molecule has 0 fully saturated rings. The van der Waals surface area contributed by atoms with Crippen LogP contribution in [-0.2, 0) is 4.79 Å². The summed E-state index contributed by atoms with van der Waals surface area (Å²) in [5.74, 6) is 6.04. The van der Waals surface area contributed by atoms with E-state index >= 15 is 0 Å². The van der Waals surface area contributed by atoms with E-state index in [9.17, 15) is 9.18 Å². The topological polar surface area (TPSA) is 85.8 Å². The van der Waals surface area contributed by atoms with Gasteiger partial charge in [-0.25, -0.2) is 9.07 Å². The maximum Gasteiger partial charge on any atom is 0.230 e. The lowest BCUT2D eigenvalue weighted by molar-refractivity contribution is -0.119. The summed E-state index contributed by atoms with van der Waals surface area (Å²) in [5, 5.41) is 11.5. The molecule has 3 aromatic rings. The van der Waals surface area contributed by atoms with Crippen molar-refractivity contribution in [3.8, 4) is 11.4 Å². The zero-order chi connectivity index (χ0) is 19.9. The van der Waals surface area contributed by atoms with Crippen LogP contribution in [0.25, 0.3) is 11.4 Å². The Kier molecular flexibility index (Phi) is 6.65. The first-order valence-corrected chi connectivity index (χ1v) is 10.0. The van der Waals surface area contributed by atoms with Gasteiger partial charge in [0.05, 0.1) is 11.8 Å². The quantitative estimate of drug-likeness (QED) is 0.447. The number of thioether (sulfide) groups is 1. The molecule has 3 rings (SSSR count). The number of nitrogens with two attached hydrogens (primary N) is 1. The molecule has 146 valence electrons. The third-order valence-corrected chi connectivity index (χ3v) is 5.14. The van der Waals surface area contributed by atoms with Crippen molar-refractivity contribution in [2.45, 2.75) is 31.0 Å². The van der Waals surface area contributed by atoms with Crippen molar-refractivity contribution in [3.05, 3.63) is 66.0 Å². The van der Waals surface area contributed by atoms with Crippen LogP contribution < -0.4 is 11.2 Å². The Morgan fingerprint density at radius 1 is 1.21 bits per heavy atom. The highest BCUT2D eigenvalue weighted by Crippen LogP contribution is 2.23. The van der Waals surface area contributed by atoms with Gasteiger partial charge < -0.3 is 11.2 Å². The normalized spacial score (nSPS) is 11.9. The summed E-state index contributed by atoms with van der Waals surface area (Å²) in [6.07, 6.45) is 1.82. The van der Waals surface area contributed by atoms with E-state index in [0.717, 1.165) is 18.4 Å². The minimum Gasteiger partial charge on any atom is -0.349 e. The molecule has 0 bridgehead atoms. The Morgan fingerprint density at radius 2 is 2.00 bits per heavy atom. The summed E-state index contributed by atoms with van der Waals surface area (Å²) in [7, 11) is 0. The van der Waals surface area contributed by atoms with Gasteiger partial charge in [0.15, 0.2) is 5.82 Å². The highest BCUT2D eigenvalue weighted by Gasteiger charge is 2.17. The fraction of sp³-hybridized carbons (Fsp3) is 0.250. The molecule has 0 aliphatic carbocycles. The molecule has 2 aromatic carbocycles. The molecule has 1 amide bonds. The second-order valence-corrected chi connectivity index (χ2v) is 7.24. The Hall–Kier alpha value is -2.87. The van der Waals surface area contributed by atoms with E-state index in [1.54, 1.807) is 12.1 Å². The van der Waals surface area contributed by atoms with Crippen LogP contribution in [0.2, 0.25) is 0 Å². The van der Waals surface area contributed by atoms with Crippen molar-refractivity contribution in [2.75, 3.05) is 11.6 Å². The van der Waals surface area contributed by atoms with Gasteiger partial charge in [-0.05, 0) is 24.1 Å². The Labute approximate surface area is 167 Å². The lowest BCUT2D eigenvalue weighted by Crippen LogP contribution is -2.30. The third kappa shape index (κ3) is 4.89. The second-order valence-electron chi connectivity index (χ2n) is 6.29. The Bertz CT molecular complexity index is 931. The average molecular weight is 399 g/mol. The maximum atomic E-state index is 13.4. The Morgan fingerprint density at radius 3 is 2.71 bits per heavy atom. The molecule has 0 radical (unpaired) electrons. The van der Waals surface area contributed by atoms with Crippen LogP contribution in [0.4, 0.5) is 4.39 Å². The van der Waals surface area contributed by atoms with Crippen molar-refractivity contribution in [2.24, 2.45) is 0 Å². The summed E-state index contributed by atoms with van der Waals surface area (Å²) in [4.78, 5) is 12.4. The zero-order valence-corrected chi connectivity index (χ0v) is 16.3. The van der Waals surface area contributed by atoms with Gasteiger partial charge in [-0.15, -0.1) is 10.2 Å². The number of benzene rings is 2. The van der Waals surface area contributed by atoms with Gasteiger partial charge in [-0.2, -0.15) is 0 Å². The number of amides is 1. The predicted molar refractivity (Wildman–Crippen MR) is 109 cm³/mol. The predicted octanol–water partition coefficient (Wildman–Crippen LogP) is 3.55. The number of hydrogen-bond acceptors (Lipinski definition) is 5. The largest absolute Gasteiger partial charge is 0.349 e. The summed E-state index contributed by atoms with van der Waals surface area (Å²) in [6, 6.07) is 15.8. The zero-order valence-electron chi connectivity index (χ0n) is 15.5. The molecule has 0 spiro atoms. The fourth-order valence-electron chi connectivity index (χ4n) is 2.86. The van der Waals surface area contributed by atoms with Crippen LogP contribution in [0.1, 0.15) is 31.4 Å². The standard InChI is InChI=1S/C20H22FN5OS/c1-2-7-17(14-8-4-3-5-9-14)23-18(27)13-28-20-25-24-19(26(20)22)15-10-6-11-16(21)12-15/h3-6,8-12,17H,2,7,13,22H2,1H3,(H,23,27)/t17-/m0/s1. The number of rotatable bonds is 8. The van der Waals surface area contributed by atoms with E-state index in [1.165, 1.54) is 28.6 Å². The number of carbonyl (C=O) groups is 1. The van der Waals surface area contributed by atoms with Gasteiger partial charge >= 0.3 is 0 Å². The van der Waals surface area contributed by atoms with Crippen LogP contribution in [0.3, 0.4) is 0 Å². The molecule has 0 aliphatic heterocycles. The highest BCUT2D eigenvalue weighted by molar-refractivity contribution is 7.99. The van der Waals surface area contributed by atoms with Crippen molar-refractivity contribution < 1.29 is 9.18 Å². The van der Waals surface area contributed by atoms with Gasteiger partial charge in [0.2, 0.25) is 11.1 Å². The van der Waals surface area contributed by atoms with E-state index in [4.69, 9.17) is 5.84 Å². The first kappa shape index (κ1) is 19.9. The molecule has 28 heavy (non-hydrogen) atoms. The third-order valence-electron chi connectivity index (χ3n) is 4.19. The average Bonchev–Trinajstić information content (AvgIpc) is 3.07. The molecule has 3 N–H and O–H groups in total. The number of nitrogens with one attached hydrogen (secondary N) is 1. The molecule has 8 heteroatoms. The van der Waals surface area contributed by atoms with Crippen LogP contribution in [0.15, 0.2) is 59.8 Å². The molecule has 1 aromatic heterocycles. The SMILES string of the molecule is CCC[C@H](NC(=O)CSc1nnc(-c2cccc(F)c2)n1N)c1ccccc1. The fourth-order valence-corrected chi connectivity index (χ4v) is 3.53. The van der Waals surface area contributed by atoms with E-state index in [2.05, 4.69) is 22.4 Å². The van der Waals surface area contributed by atoms with Crippen LogP contribution in [-0.4, -0.2) is 26.5 Å². The van der Waals surface area contributed by atoms with Crippen LogP contribution in [0, 0.1) is 5.82 Å². The lowest BCUT2D eigenvalue weighted by Gasteiger charge is -2.18. The van der Waals surface area contributed by atoms with Gasteiger partial charge in [0.25, 0.3) is 0 Å². The minimum atomic E-state index is -0.378. The second kappa shape index (κ2) is 9.36. The number of nitrogen functional groups attached to an aromatic ring is 1. The van der Waals surface area contributed by atoms with Gasteiger partial charge in [0.1, 0.15) is 5.82 Å². The minimum absolute atomic E-state index is 0.0297. The van der Waals surface area contributed by atoms with E-state index < -0.39 is 0 Å². The molecule has 1 heterocycles. The van der Waals surface area contributed by atoms with Crippen molar-refractivity contribution >= 4 is 17.7 Å². The van der Waals surface area contributed by atoms with Crippen molar-refractivity contribution in [3.63, 3.8) is 0 Å². The van der Waals surface area contributed by atoms with E-state index in [-0.39, 0.29) is 23.5 Å².